The predicted molar refractivity (Wildman–Crippen MR) is 80.7 cm³/mol. The molecule has 0 spiro atoms. The summed E-state index contributed by atoms with van der Waals surface area (Å²) in [6, 6.07) is 17.1. The molecular formula is C18H19N. The Kier molecular flexibility index (Phi) is 3.45. The molecule has 1 aliphatic carbocycles. The van der Waals surface area contributed by atoms with E-state index in [0.29, 0.717) is 0 Å². The van der Waals surface area contributed by atoms with Gasteiger partial charge in [0.2, 0.25) is 0 Å². The van der Waals surface area contributed by atoms with Gasteiger partial charge < -0.3 is 0 Å². The summed E-state index contributed by atoms with van der Waals surface area (Å²) < 4.78 is 0. The molecular weight excluding hydrogens is 230 g/mol. The molecule has 0 unspecified atom stereocenters. The van der Waals surface area contributed by atoms with Crippen LogP contribution < -0.4 is 0 Å². The Morgan fingerprint density at radius 2 is 1.53 bits per heavy atom. The highest BCUT2D eigenvalue weighted by Crippen LogP contribution is 2.37. The molecule has 0 fully saturated rings. The van der Waals surface area contributed by atoms with Crippen LogP contribution in [0.25, 0.3) is 11.1 Å². The second-order valence-corrected chi connectivity index (χ2v) is 5.19. The summed E-state index contributed by atoms with van der Waals surface area (Å²) in [7, 11) is 0. The summed E-state index contributed by atoms with van der Waals surface area (Å²) in [4.78, 5) is 4.71. The Balaban J connectivity index is 2.11. The van der Waals surface area contributed by atoms with Gasteiger partial charge in [-0.25, -0.2) is 0 Å². The van der Waals surface area contributed by atoms with Crippen LogP contribution in [0.4, 0.5) is 0 Å². The molecule has 1 aromatic heterocycles. The van der Waals surface area contributed by atoms with Crippen molar-refractivity contribution in [1.82, 2.24) is 4.98 Å². The van der Waals surface area contributed by atoms with Crippen molar-refractivity contribution in [3.63, 3.8) is 0 Å². The standard InChI is InChI=1S/C18H19N/c1-14-8-7-13-18(19-14)17-12-6-5-11-16(17)15-9-3-2-4-10-15/h2-4,7-10,13H,5-6,11-12H2,1H3. The van der Waals surface area contributed by atoms with Crippen molar-refractivity contribution < 1.29 is 0 Å². The van der Waals surface area contributed by atoms with E-state index >= 15 is 0 Å². The smallest absolute Gasteiger partial charge is 0.0667 e. The van der Waals surface area contributed by atoms with Gasteiger partial charge in [0.1, 0.15) is 0 Å². The van der Waals surface area contributed by atoms with E-state index in [1.807, 2.05) is 0 Å². The normalized spacial score (nSPS) is 15.6. The molecule has 1 heteroatoms. The Morgan fingerprint density at radius 1 is 0.789 bits per heavy atom. The zero-order valence-electron chi connectivity index (χ0n) is 11.4. The Morgan fingerprint density at radius 3 is 2.26 bits per heavy atom. The Hall–Kier alpha value is -1.89. The fourth-order valence-corrected chi connectivity index (χ4v) is 2.86. The van der Waals surface area contributed by atoms with Crippen molar-refractivity contribution in [3.05, 3.63) is 65.5 Å². The largest absolute Gasteiger partial charge is 0.253 e. The van der Waals surface area contributed by atoms with Crippen LogP contribution in [0.3, 0.4) is 0 Å². The molecule has 1 nitrogen and oxygen atoms in total. The number of allylic oxidation sites excluding steroid dienone is 2. The fraction of sp³-hybridized carbons (Fsp3) is 0.278. The molecule has 96 valence electrons. The number of nitrogens with zero attached hydrogens (tertiary/aromatic N) is 1. The van der Waals surface area contributed by atoms with Crippen LogP contribution in [0.5, 0.6) is 0 Å². The molecule has 0 amide bonds. The van der Waals surface area contributed by atoms with Gasteiger partial charge in [0, 0.05) is 5.69 Å². The predicted octanol–water partition coefficient (Wildman–Crippen LogP) is 4.87. The monoisotopic (exact) mass is 249 g/mol. The lowest BCUT2D eigenvalue weighted by atomic mass is 9.85. The average molecular weight is 249 g/mol. The lowest BCUT2D eigenvalue weighted by Crippen LogP contribution is -2.01. The first-order valence-electron chi connectivity index (χ1n) is 7.06. The number of aromatic nitrogens is 1. The van der Waals surface area contributed by atoms with E-state index in [1.54, 1.807) is 0 Å². The van der Waals surface area contributed by atoms with E-state index in [1.165, 1.54) is 41.7 Å². The van der Waals surface area contributed by atoms with E-state index in [0.717, 1.165) is 12.1 Å². The van der Waals surface area contributed by atoms with E-state index in [2.05, 4.69) is 55.5 Å². The third-order valence-corrected chi connectivity index (χ3v) is 3.79. The minimum atomic E-state index is 1.10. The highest BCUT2D eigenvalue weighted by Gasteiger charge is 2.16. The lowest BCUT2D eigenvalue weighted by molar-refractivity contribution is 0.750. The van der Waals surface area contributed by atoms with Gasteiger partial charge in [-0.3, -0.25) is 4.98 Å². The van der Waals surface area contributed by atoms with Crippen LogP contribution in [-0.2, 0) is 0 Å². The first-order chi connectivity index (χ1) is 9.34. The van der Waals surface area contributed by atoms with Crippen LogP contribution in [0, 0.1) is 6.92 Å². The van der Waals surface area contributed by atoms with Crippen LogP contribution in [0.15, 0.2) is 48.5 Å². The minimum Gasteiger partial charge on any atom is -0.253 e. The van der Waals surface area contributed by atoms with Crippen molar-refractivity contribution in [2.75, 3.05) is 0 Å². The van der Waals surface area contributed by atoms with Gasteiger partial charge in [0.05, 0.1) is 5.69 Å². The zero-order valence-corrected chi connectivity index (χ0v) is 11.4. The Labute approximate surface area is 115 Å². The lowest BCUT2D eigenvalue weighted by Gasteiger charge is -2.20. The van der Waals surface area contributed by atoms with Crippen LogP contribution in [0.2, 0.25) is 0 Å². The van der Waals surface area contributed by atoms with E-state index < -0.39 is 0 Å². The van der Waals surface area contributed by atoms with Crippen LogP contribution in [-0.4, -0.2) is 4.98 Å². The molecule has 0 bridgehead atoms. The van der Waals surface area contributed by atoms with Gasteiger partial charge in [-0.15, -0.1) is 0 Å². The van der Waals surface area contributed by atoms with Gasteiger partial charge in [-0.05, 0) is 61.4 Å². The summed E-state index contributed by atoms with van der Waals surface area (Å²) in [6.45, 7) is 2.06. The van der Waals surface area contributed by atoms with E-state index in [9.17, 15) is 0 Å². The quantitative estimate of drug-likeness (QED) is 0.739. The topological polar surface area (TPSA) is 12.9 Å². The zero-order chi connectivity index (χ0) is 13.1. The van der Waals surface area contributed by atoms with Crippen LogP contribution in [0.1, 0.15) is 42.6 Å². The number of rotatable bonds is 2. The van der Waals surface area contributed by atoms with Gasteiger partial charge in [0.25, 0.3) is 0 Å². The van der Waals surface area contributed by atoms with Crippen molar-refractivity contribution >= 4 is 11.1 Å². The van der Waals surface area contributed by atoms with Crippen molar-refractivity contribution in [1.29, 1.82) is 0 Å². The summed E-state index contributed by atoms with van der Waals surface area (Å²) in [6.07, 6.45) is 4.90. The molecule has 1 aromatic carbocycles. The number of hydrogen-bond donors (Lipinski definition) is 0. The first kappa shape index (κ1) is 12.2. The molecule has 1 aliphatic rings. The highest BCUT2D eigenvalue weighted by atomic mass is 14.7. The van der Waals surface area contributed by atoms with Crippen molar-refractivity contribution in [3.8, 4) is 0 Å². The molecule has 0 radical (unpaired) electrons. The summed E-state index contributed by atoms with van der Waals surface area (Å²) in [5.74, 6) is 0. The SMILES string of the molecule is Cc1cccc(C2=C(c3ccccc3)CCCC2)n1. The first-order valence-corrected chi connectivity index (χ1v) is 7.06. The number of benzene rings is 1. The second kappa shape index (κ2) is 5.40. The summed E-state index contributed by atoms with van der Waals surface area (Å²) in [5, 5.41) is 0. The van der Waals surface area contributed by atoms with Gasteiger partial charge in [-0.1, -0.05) is 36.4 Å². The molecule has 2 aromatic rings. The maximum atomic E-state index is 4.71. The molecule has 0 saturated heterocycles. The van der Waals surface area contributed by atoms with Crippen molar-refractivity contribution in [2.24, 2.45) is 0 Å². The minimum absolute atomic E-state index is 1.10. The molecule has 0 atom stereocenters. The molecule has 0 saturated carbocycles. The fourth-order valence-electron chi connectivity index (χ4n) is 2.86. The molecule has 1 heterocycles. The third-order valence-electron chi connectivity index (χ3n) is 3.79. The second-order valence-electron chi connectivity index (χ2n) is 5.19. The number of pyridine rings is 1. The molecule has 19 heavy (non-hydrogen) atoms. The maximum absolute atomic E-state index is 4.71. The highest BCUT2D eigenvalue weighted by molar-refractivity contribution is 5.90. The summed E-state index contributed by atoms with van der Waals surface area (Å²) >= 11 is 0. The van der Waals surface area contributed by atoms with Gasteiger partial charge in [0.15, 0.2) is 0 Å². The molecule has 0 N–H and O–H groups in total. The molecule has 3 rings (SSSR count). The van der Waals surface area contributed by atoms with E-state index in [4.69, 9.17) is 4.98 Å². The van der Waals surface area contributed by atoms with E-state index in [-0.39, 0.29) is 0 Å². The average Bonchev–Trinajstić information content (AvgIpc) is 2.48. The van der Waals surface area contributed by atoms with Crippen molar-refractivity contribution in [2.45, 2.75) is 32.6 Å². The number of hydrogen-bond acceptors (Lipinski definition) is 1. The van der Waals surface area contributed by atoms with Gasteiger partial charge >= 0.3 is 0 Å². The van der Waals surface area contributed by atoms with Crippen LogP contribution >= 0.6 is 0 Å². The van der Waals surface area contributed by atoms with Gasteiger partial charge in [-0.2, -0.15) is 0 Å². The maximum Gasteiger partial charge on any atom is 0.0667 e. The Bertz CT molecular complexity index is 596. The third kappa shape index (κ3) is 2.60. The number of aryl methyl sites for hydroxylation is 1. The summed E-state index contributed by atoms with van der Waals surface area (Å²) in [5.41, 5.74) is 6.56. The molecule has 0 aliphatic heterocycles.